The molecular weight excluding hydrogens is 452 g/mol. The number of halogens is 2. The molecule has 6 rings (SSSR count). The van der Waals surface area contributed by atoms with Gasteiger partial charge in [-0.15, -0.1) is 0 Å². The average molecular weight is 466 g/mol. The molecule has 25 heavy (non-hydrogen) atoms. The van der Waals surface area contributed by atoms with Gasteiger partial charge >= 0.3 is 0 Å². The summed E-state index contributed by atoms with van der Waals surface area (Å²) < 4.78 is 1.02. The van der Waals surface area contributed by atoms with Crippen LogP contribution in [-0.4, -0.2) is 28.1 Å². The Labute approximate surface area is 161 Å². The van der Waals surface area contributed by atoms with Gasteiger partial charge in [-0.2, -0.15) is 10.1 Å². The first-order chi connectivity index (χ1) is 12.0. The summed E-state index contributed by atoms with van der Waals surface area (Å²) >= 11 is 6.52. The largest absolute Gasteiger partial charge is 0.506 e. The average Bonchev–Trinajstić information content (AvgIpc) is 3.37. The van der Waals surface area contributed by atoms with Gasteiger partial charge in [0.25, 0.3) is 11.8 Å². The Morgan fingerprint density at radius 3 is 2.08 bits per heavy atom. The van der Waals surface area contributed by atoms with Crippen LogP contribution in [0.4, 0.5) is 0 Å². The standard InChI is InChI=1S/C18H14Br2N2O3/c19-12-3-7(4-13(20)16(12)23)6-21-22-17(24)14-8-1-2-9(11-5-10(8)11)15(14)18(22)25/h1-4,6,8-11,14-15,23H,5H2/t8-,9-,10-,11-,14-,15+/m0/s1. The van der Waals surface area contributed by atoms with Crippen molar-refractivity contribution in [3.63, 3.8) is 0 Å². The molecule has 0 radical (unpaired) electrons. The lowest BCUT2D eigenvalue weighted by Gasteiger charge is -2.37. The number of phenolic OH excluding ortho intramolecular Hbond substituents is 1. The summed E-state index contributed by atoms with van der Waals surface area (Å²) in [6, 6.07) is 3.37. The molecule has 4 aliphatic carbocycles. The van der Waals surface area contributed by atoms with Gasteiger partial charge in [0.15, 0.2) is 0 Å². The summed E-state index contributed by atoms with van der Waals surface area (Å²) in [5, 5.41) is 15.0. The first-order valence-corrected chi connectivity index (χ1v) is 9.84. The highest BCUT2D eigenvalue weighted by Crippen LogP contribution is 2.65. The molecule has 3 fully saturated rings. The van der Waals surface area contributed by atoms with Gasteiger partial charge in [-0.05, 0) is 79.6 Å². The molecule has 1 aromatic carbocycles. The molecule has 7 heteroatoms. The molecule has 2 saturated carbocycles. The zero-order chi connectivity index (χ0) is 17.5. The first kappa shape index (κ1) is 15.8. The summed E-state index contributed by atoms with van der Waals surface area (Å²) in [5.41, 5.74) is 0.677. The zero-order valence-corrected chi connectivity index (χ0v) is 16.1. The minimum absolute atomic E-state index is 0.0957. The van der Waals surface area contributed by atoms with Crippen LogP contribution in [0.2, 0.25) is 0 Å². The van der Waals surface area contributed by atoms with E-state index in [1.165, 1.54) is 6.21 Å². The molecule has 1 saturated heterocycles. The fourth-order valence-electron chi connectivity index (χ4n) is 4.84. The molecular formula is C18H14Br2N2O3. The fraction of sp³-hybridized carbons (Fsp3) is 0.389. The van der Waals surface area contributed by atoms with Crippen molar-refractivity contribution in [3.05, 3.63) is 38.8 Å². The monoisotopic (exact) mass is 464 g/mol. The van der Waals surface area contributed by atoms with Crippen molar-refractivity contribution in [2.45, 2.75) is 6.42 Å². The lowest BCUT2D eigenvalue weighted by atomic mass is 9.63. The Kier molecular flexibility index (Phi) is 3.32. The van der Waals surface area contributed by atoms with Crippen molar-refractivity contribution in [1.29, 1.82) is 0 Å². The van der Waals surface area contributed by atoms with E-state index in [9.17, 15) is 14.7 Å². The van der Waals surface area contributed by atoms with E-state index in [1.54, 1.807) is 12.1 Å². The number of nitrogens with zero attached hydrogens (tertiary/aromatic N) is 2. The molecule has 1 heterocycles. The second-order valence-corrected chi connectivity index (χ2v) is 8.93. The van der Waals surface area contributed by atoms with Crippen LogP contribution in [0.1, 0.15) is 12.0 Å². The number of phenols is 1. The van der Waals surface area contributed by atoms with Crippen LogP contribution in [0.15, 0.2) is 38.3 Å². The highest BCUT2D eigenvalue weighted by Gasteiger charge is 2.67. The van der Waals surface area contributed by atoms with Crippen molar-refractivity contribution < 1.29 is 14.7 Å². The smallest absolute Gasteiger partial charge is 0.254 e. The third kappa shape index (κ3) is 2.15. The molecule has 0 unspecified atom stereocenters. The molecule has 5 aliphatic rings. The Bertz CT molecular complexity index is 822. The van der Waals surface area contributed by atoms with Gasteiger partial charge in [-0.1, -0.05) is 12.2 Å². The second kappa shape index (κ2) is 5.27. The van der Waals surface area contributed by atoms with Crippen molar-refractivity contribution in [3.8, 4) is 5.75 Å². The second-order valence-electron chi connectivity index (χ2n) is 7.22. The van der Waals surface area contributed by atoms with Crippen LogP contribution >= 0.6 is 31.9 Å². The summed E-state index contributed by atoms with van der Waals surface area (Å²) in [6.07, 6.45) is 6.92. The molecule has 1 aromatic rings. The zero-order valence-electron chi connectivity index (χ0n) is 13.0. The molecule has 128 valence electrons. The molecule has 0 spiro atoms. The van der Waals surface area contributed by atoms with Crippen molar-refractivity contribution >= 4 is 49.9 Å². The van der Waals surface area contributed by atoms with Crippen LogP contribution in [-0.2, 0) is 9.59 Å². The van der Waals surface area contributed by atoms with Crippen LogP contribution in [0.3, 0.4) is 0 Å². The van der Waals surface area contributed by atoms with E-state index in [0.29, 0.717) is 26.3 Å². The number of carbonyl (C=O) groups excluding carboxylic acids is 2. The Morgan fingerprint density at radius 2 is 1.56 bits per heavy atom. The number of amides is 2. The number of rotatable bonds is 2. The molecule has 5 nitrogen and oxygen atoms in total. The predicted molar refractivity (Wildman–Crippen MR) is 97.7 cm³/mol. The van der Waals surface area contributed by atoms with Crippen LogP contribution in [0.5, 0.6) is 5.75 Å². The first-order valence-electron chi connectivity index (χ1n) is 8.25. The lowest BCUT2D eigenvalue weighted by Crippen LogP contribution is -2.40. The van der Waals surface area contributed by atoms with Crippen LogP contribution in [0, 0.1) is 35.5 Å². The van der Waals surface area contributed by atoms with E-state index in [2.05, 4.69) is 49.1 Å². The van der Waals surface area contributed by atoms with Crippen molar-refractivity contribution in [2.24, 2.45) is 40.6 Å². The SMILES string of the molecule is O=C1[C@@H]2[C@H]3C=C[C@@H]([C@@H]4C[C@@H]34)[C@@H]2C(=O)N1N=Cc1cc(Br)c(O)c(Br)c1. The molecule has 6 atom stereocenters. The van der Waals surface area contributed by atoms with Gasteiger partial charge in [-0.25, -0.2) is 0 Å². The maximum Gasteiger partial charge on any atom is 0.254 e. The normalized spacial score (nSPS) is 37.8. The van der Waals surface area contributed by atoms with Gasteiger partial charge in [0, 0.05) is 0 Å². The van der Waals surface area contributed by atoms with Gasteiger partial charge < -0.3 is 5.11 Å². The van der Waals surface area contributed by atoms with Gasteiger partial charge in [0.2, 0.25) is 0 Å². The van der Waals surface area contributed by atoms with Crippen LogP contribution in [0.25, 0.3) is 0 Å². The molecule has 1 N–H and O–H groups in total. The quantitative estimate of drug-likeness (QED) is 0.414. The highest BCUT2D eigenvalue weighted by atomic mass is 79.9. The summed E-state index contributed by atoms with van der Waals surface area (Å²) in [5.74, 6) is 0.853. The Hall–Kier alpha value is -1.47. The van der Waals surface area contributed by atoms with Crippen molar-refractivity contribution in [2.75, 3.05) is 0 Å². The van der Waals surface area contributed by atoms with Crippen molar-refractivity contribution in [1.82, 2.24) is 5.01 Å². The summed E-state index contributed by atoms with van der Waals surface area (Å²) in [7, 11) is 0. The summed E-state index contributed by atoms with van der Waals surface area (Å²) in [4.78, 5) is 25.6. The van der Waals surface area contributed by atoms with E-state index < -0.39 is 0 Å². The van der Waals surface area contributed by atoms with Gasteiger partial charge in [-0.3, -0.25) is 9.59 Å². The number of aromatic hydroxyl groups is 1. The Morgan fingerprint density at radius 1 is 1.04 bits per heavy atom. The maximum absolute atomic E-state index is 12.8. The maximum atomic E-state index is 12.8. The minimum Gasteiger partial charge on any atom is -0.506 e. The number of carbonyl (C=O) groups is 2. The molecule has 1 aliphatic heterocycles. The topological polar surface area (TPSA) is 70.0 Å². The highest BCUT2D eigenvalue weighted by molar-refractivity contribution is 9.11. The number of benzene rings is 1. The number of allylic oxidation sites excluding steroid dienone is 2. The molecule has 0 aromatic heterocycles. The molecule has 2 amide bonds. The third-order valence-corrected chi connectivity index (χ3v) is 7.21. The molecule has 2 bridgehead atoms. The fourth-order valence-corrected chi connectivity index (χ4v) is 6.06. The predicted octanol–water partition coefficient (Wildman–Crippen LogP) is 3.30. The van der Waals surface area contributed by atoms with E-state index >= 15 is 0 Å². The third-order valence-electron chi connectivity index (χ3n) is 6.00. The number of hydrazone groups is 1. The number of imide groups is 1. The van der Waals surface area contributed by atoms with E-state index in [-0.39, 0.29) is 41.2 Å². The van der Waals surface area contributed by atoms with E-state index in [1.807, 2.05) is 0 Å². The number of hydrogen-bond acceptors (Lipinski definition) is 4. The number of hydrogen-bond donors (Lipinski definition) is 1. The minimum atomic E-state index is -0.235. The lowest BCUT2D eigenvalue weighted by molar-refractivity contribution is -0.140. The van der Waals surface area contributed by atoms with Crippen LogP contribution < -0.4 is 0 Å². The van der Waals surface area contributed by atoms with Gasteiger partial charge in [0.05, 0.1) is 27.0 Å². The summed E-state index contributed by atoms with van der Waals surface area (Å²) in [6.45, 7) is 0. The van der Waals surface area contributed by atoms with E-state index in [0.717, 1.165) is 11.4 Å². The van der Waals surface area contributed by atoms with E-state index in [4.69, 9.17) is 0 Å². The van der Waals surface area contributed by atoms with Gasteiger partial charge in [0.1, 0.15) is 5.75 Å². The Balaban J connectivity index is 1.45.